The van der Waals surface area contributed by atoms with Gasteiger partial charge in [-0.25, -0.2) is 14.0 Å². The number of carboxylic acid groups (broad SMARTS) is 1. The van der Waals surface area contributed by atoms with Crippen LogP contribution < -0.4 is 5.32 Å². The van der Waals surface area contributed by atoms with Crippen LogP contribution in [-0.2, 0) is 11.0 Å². The fourth-order valence-corrected chi connectivity index (χ4v) is 4.69. The van der Waals surface area contributed by atoms with Crippen molar-refractivity contribution in [3.8, 4) is 11.3 Å². The zero-order valence-electron chi connectivity index (χ0n) is 16.3. The number of aliphatic carboxylic acids is 1. The van der Waals surface area contributed by atoms with Crippen molar-refractivity contribution in [3.05, 3.63) is 41.8 Å². The van der Waals surface area contributed by atoms with Gasteiger partial charge in [0.05, 0.1) is 16.9 Å². The van der Waals surface area contributed by atoms with Crippen molar-refractivity contribution in [2.24, 2.45) is 5.92 Å². The molecule has 1 saturated carbocycles. The number of urea groups is 1. The fourth-order valence-electron chi connectivity index (χ4n) is 4.69. The average molecular weight is 438 g/mol. The van der Waals surface area contributed by atoms with Crippen molar-refractivity contribution < 1.29 is 32.3 Å². The zero-order chi connectivity index (χ0) is 22.6. The normalized spacial score (nSPS) is 25.0. The number of carboxylic acids is 1. The Morgan fingerprint density at radius 3 is 2.65 bits per heavy atom. The number of aromatic nitrogens is 2. The van der Waals surface area contributed by atoms with E-state index in [-0.39, 0.29) is 30.1 Å². The summed E-state index contributed by atoms with van der Waals surface area (Å²) in [6.07, 6.45) is -2.44. The Kier molecular flexibility index (Phi) is 4.86. The Bertz CT molecular complexity index is 1050. The molecule has 2 N–H and O–H groups in total. The SMILES string of the molecule is CC1CC2CC(C(=O)O)(C1)N2C(=O)Nc1cc(-c2cccnn2)c(C(F)(F)F)cc1F. The van der Waals surface area contributed by atoms with E-state index >= 15 is 0 Å². The van der Waals surface area contributed by atoms with Crippen molar-refractivity contribution in [2.45, 2.75) is 43.9 Å². The van der Waals surface area contributed by atoms with Crippen molar-refractivity contribution in [1.82, 2.24) is 15.1 Å². The quantitative estimate of drug-likeness (QED) is 0.702. The monoisotopic (exact) mass is 438 g/mol. The lowest BCUT2D eigenvalue weighted by molar-refractivity contribution is -0.173. The van der Waals surface area contributed by atoms with Crippen LogP contribution in [0.15, 0.2) is 30.5 Å². The molecule has 164 valence electrons. The summed E-state index contributed by atoms with van der Waals surface area (Å²) in [6, 6.07) is 2.59. The minimum absolute atomic E-state index is 0.102. The highest BCUT2D eigenvalue weighted by molar-refractivity contribution is 5.96. The van der Waals surface area contributed by atoms with E-state index in [1.54, 1.807) is 0 Å². The smallest absolute Gasteiger partial charge is 0.417 e. The maximum atomic E-state index is 14.5. The molecule has 2 aliphatic heterocycles. The summed E-state index contributed by atoms with van der Waals surface area (Å²) in [4.78, 5) is 25.9. The van der Waals surface area contributed by atoms with Gasteiger partial charge in [-0.15, -0.1) is 0 Å². The standard InChI is InChI=1S/C20H18F4N4O3/c1-10-5-11-9-19(8-10,17(29)30)28(11)18(31)26-16-6-12(15-3-2-4-25-27-15)13(7-14(16)21)20(22,23)24/h2-4,6-7,10-11H,5,8-9H2,1H3,(H,26,31)(H,29,30). The van der Waals surface area contributed by atoms with E-state index < -0.39 is 46.3 Å². The van der Waals surface area contributed by atoms with Crippen LogP contribution in [0.5, 0.6) is 0 Å². The molecule has 5 rings (SSSR count). The van der Waals surface area contributed by atoms with Gasteiger partial charge in [-0.1, -0.05) is 6.92 Å². The molecule has 1 aromatic heterocycles. The number of carbonyl (C=O) groups is 2. The Morgan fingerprint density at radius 1 is 1.29 bits per heavy atom. The van der Waals surface area contributed by atoms with Crippen LogP contribution in [0, 0.1) is 11.7 Å². The van der Waals surface area contributed by atoms with Gasteiger partial charge in [0.2, 0.25) is 0 Å². The van der Waals surface area contributed by atoms with Gasteiger partial charge in [0.1, 0.15) is 11.4 Å². The summed E-state index contributed by atoms with van der Waals surface area (Å²) in [7, 11) is 0. The Labute approximate surface area is 174 Å². The van der Waals surface area contributed by atoms with E-state index in [0.717, 1.165) is 11.0 Å². The van der Waals surface area contributed by atoms with Crippen LogP contribution in [0.4, 0.5) is 28.0 Å². The molecule has 7 nitrogen and oxygen atoms in total. The van der Waals surface area contributed by atoms with E-state index in [2.05, 4.69) is 15.5 Å². The molecule has 3 aliphatic rings. The number of fused-ring (bicyclic) bond motifs is 2. The molecule has 0 spiro atoms. The lowest BCUT2D eigenvalue weighted by Crippen LogP contribution is -2.75. The second-order valence-corrected chi connectivity index (χ2v) is 8.02. The third-order valence-electron chi connectivity index (χ3n) is 5.88. The van der Waals surface area contributed by atoms with Crippen LogP contribution in [-0.4, -0.2) is 43.8 Å². The molecule has 1 aromatic carbocycles. The van der Waals surface area contributed by atoms with Crippen LogP contribution in [0.3, 0.4) is 0 Å². The molecule has 3 unspecified atom stereocenters. The summed E-state index contributed by atoms with van der Waals surface area (Å²) >= 11 is 0. The van der Waals surface area contributed by atoms with E-state index in [4.69, 9.17) is 0 Å². The second kappa shape index (κ2) is 7.17. The van der Waals surface area contributed by atoms with Crippen LogP contribution in [0.1, 0.15) is 31.7 Å². The fraction of sp³-hybridized carbons (Fsp3) is 0.400. The van der Waals surface area contributed by atoms with Gasteiger partial charge in [0.15, 0.2) is 0 Å². The van der Waals surface area contributed by atoms with Gasteiger partial charge in [-0.05, 0) is 43.0 Å². The Morgan fingerprint density at radius 2 is 2.03 bits per heavy atom. The molecule has 2 saturated heterocycles. The van der Waals surface area contributed by atoms with Crippen molar-refractivity contribution in [1.29, 1.82) is 0 Å². The van der Waals surface area contributed by atoms with Crippen molar-refractivity contribution in [3.63, 3.8) is 0 Å². The van der Waals surface area contributed by atoms with Gasteiger partial charge in [0.25, 0.3) is 0 Å². The molecule has 3 atom stereocenters. The third kappa shape index (κ3) is 3.47. The maximum Gasteiger partial charge on any atom is 0.417 e. The number of nitrogens with one attached hydrogen (secondary N) is 1. The highest BCUT2D eigenvalue weighted by Crippen LogP contribution is 2.50. The number of rotatable bonds is 3. The Balaban J connectivity index is 1.69. The highest BCUT2D eigenvalue weighted by Gasteiger charge is 2.63. The number of nitrogens with zero attached hydrogens (tertiary/aromatic N) is 3. The number of anilines is 1. The molecule has 3 fully saturated rings. The first-order valence-corrected chi connectivity index (χ1v) is 9.55. The van der Waals surface area contributed by atoms with Gasteiger partial charge < -0.3 is 15.3 Å². The summed E-state index contributed by atoms with van der Waals surface area (Å²) in [5.41, 5.74) is -3.76. The van der Waals surface area contributed by atoms with Crippen molar-refractivity contribution >= 4 is 17.7 Å². The summed E-state index contributed by atoms with van der Waals surface area (Å²) in [5.74, 6) is -2.35. The average Bonchev–Trinajstić information content (AvgIpc) is 2.68. The minimum Gasteiger partial charge on any atom is -0.479 e. The van der Waals surface area contributed by atoms with Gasteiger partial charge in [-0.2, -0.15) is 23.4 Å². The molecule has 11 heteroatoms. The molecule has 2 amide bonds. The number of benzene rings is 1. The number of hydrogen-bond donors (Lipinski definition) is 2. The second-order valence-electron chi connectivity index (χ2n) is 8.02. The molecule has 31 heavy (non-hydrogen) atoms. The maximum absolute atomic E-state index is 14.5. The van der Waals surface area contributed by atoms with Crippen LogP contribution >= 0.6 is 0 Å². The minimum atomic E-state index is -4.87. The van der Waals surface area contributed by atoms with E-state index in [9.17, 15) is 32.3 Å². The van der Waals surface area contributed by atoms with Crippen LogP contribution in [0.25, 0.3) is 11.3 Å². The number of amides is 2. The predicted molar refractivity (Wildman–Crippen MR) is 100 cm³/mol. The third-order valence-corrected chi connectivity index (χ3v) is 5.88. The summed E-state index contributed by atoms with van der Waals surface area (Å²) < 4.78 is 54.9. The number of piperidine rings is 1. The van der Waals surface area contributed by atoms with Gasteiger partial charge >= 0.3 is 18.2 Å². The lowest BCUT2D eigenvalue weighted by Gasteiger charge is -2.60. The summed E-state index contributed by atoms with van der Waals surface area (Å²) in [6.45, 7) is 1.89. The predicted octanol–water partition coefficient (Wildman–Crippen LogP) is 4.16. The number of carbonyl (C=O) groups excluding carboxylic acids is 1. The molecule has 1 aliphatic carbocycles. The van der Waals surface area contributed by atoms with E-state index in [1.807, 2.05) is 6.92 Å². The molecular weight excluding hydrogens is 420 g/mol. The number of hydrogen-bond acceptors (Lipinski definition) is 4. The Hall–Kier alpha value is -3.24. The first-order valence-electron chi connectivity index (χ1n) is 9.55. The van der Waals surface area contributed by atoms with Crippen molar-refractivity contribution in [2.75, 3.05) is 5.32 Å². The van der Waals surface area contributed by atoms with Gasteiger partial charge in [-0.3, -0.25) is 0 Å². The van der Waals surface area contributed by atoms with Crippen LogP contribution in [0.2, 0.25) is 0 Å². The van der Waals surface area contributed by atoms with E-state index in [0.29, 0.717) is 12.8 Å². The largest absolute Gasteiger partial charge is 0.479 e. The highest BCUT2D eigenvalue weighted by atomic mass is 19.4. The lowest BCUT2D eigenvalue weighted by atomic mass is 9.64. The molecule has 0 radical (unpaired) electrons. The first kappa shape index (κ1) is 21.0. The molecular formula is C20H18F4N4O3. The first-order chi connectivity index (χ1) is 14.5. The topological polar surface area (TPSA) is 95.4 Å². The number of halogens is 4. The van der Waals surface area contributed by atoms with E-state index in [1.165, 1.54) is 18.3 Å². The molecule has 2 aromatic rings. The molecule has 2 bridgehead atoms. The molecule has 3 heterocycles. The summed E-state index contributed by atoms with van der Waals surface area (Å²) in [5, 5.41) is 19.1. The zero-order valence-corrected chi connectivity index (χ0v) is 16.3. The number of alkyl halides is 3. The van der Waals surface area contributed by atoms with Gasteiger partial charge in [0, 0.05) is 24.2 Å².